The molecule has 9 nitrogen and oxygen atoms in total. The van der Waals surface area contributed by atoms with Gasteiger partial charge in [-0.2, -0.15) is 5.10 Å². The highest BCUT2D eigenvalue weighted by Gasteiger charge is 2.23. The Hall–Kier alpha value is -3.79. The molecule has 0 atom stereocenters. The molecule has 0 saturated carbocycles. The number of carbonyl (C=O) groups excluding carboxylic acids is 1. The van der Waals surface area contributed by atoms with Gasteiger partial charge in [-0.25, -0.2) is 14.5 Å². The van der Waals surface area contributed by atoms with Crippen LogP contribution in [0.25, 0.3) is 11.0 Å². The number of aryl methyl sites for hydroxylation is 1. The van der Waals surface area contributed by atoms with Crippen molar-refractivity contribution in [1.29, 1.82) is 0 Å². The van der Waals surface area contributed by atoms with Crippen LogP contribution in [0.15, 0.2) is 48.0 Å². The number of fused-ring (bicyclic) bond motifs is 1. The molecule has 10 heteroatoms. The number of hydrogen-bond donors (Lipinski definition) is 0. The standard InChI is InChI=1S/C20H16N4O5S/c1-12-8-15(16-10-21-23(19(16)22-12)11-14-4-3-7-30-14)20(25)29-18-6-5-13(28-2)9-17(18)24(26)27/h3-10H,11H2,1-2H3. The van der Waals surface area contributed by atoms with Crippen LogP contribution in [0.1, 0.15) is 20.9 Å². The van der Waals surface area contributed by atoms with Crippen LogP contribution in [0.5, 0.6) is 11.5 Å². The minimum atomic E-state index is -0.727. The van der Waals surface area contributed by atoms with E-state index in [2.05, 4.69) is 10.1 Å². The summed E-state index contributed by atoms with van der Waals surface area (Å²) in [6.45, 7) is 2.28. The molecule has 0 aliphatic rings. The van der Waals surface area contributed by atoms with Crippen LogP contribution < -0.4 is 9.47 Å². The zero-order valence-corrected chi connectivity index (χ0v) is 16.9. The van der Waals surface area contributed by atoms with Crippen molar-refractivity contribution in [2.24, 2.45) is 0 Å². The molecule has 3 aromatic heterocycles. The summed E-state index contributed by atoms with van der Waals surface area (Å²) in [5.41, 5.74) is 1.02. The molecule has 3 heterocycles. The van der Waals surface area contributed by atoms with E-state index in [0.29, 0.717) is 29.0 Å². The smallest absolute Gasteiger partial charge is 0.344 e. The van der Waals surface area contributed by atoms with Gasteiger partial charge in [-0.3, -0.25) is 10.1 Å². The summed E-state index contributed by atoms with van der Waals surface area (Å²) in [5, 5.41) is 18.2. The first-order valence-corrected chi connectivity index (χ1v) is 9.74. The van der Waals surface area contributed by atoms with Crippen molar-refractivity contribution in [3.05, 3.63) is 74.2 Å². The highest BCUT2D eigenvalue weighted by molar-refractivity contribution is 7.09. The van der Waals surface area contributed by atoms with Gasteiger partial charge in [0.2, 0.25) is 5.75 Å². The van der Waals surface area contributed by atoms with Crippen LogP contribution >= 0.6 is 11.3 Å². The van der Waals surface area contributed by atoms with Crippen LogP contribution in [-0.2, 0) is 6.54 Å². The largest absolute Gasteiger partial charge is 0.496 e. The van der Waals surface area contributed by atoms with E-state index >= 15 is 0 Å². The molecule has 4 rings (SSSR count). The summed E-state index contributed by atoms with van der Waals surface area (Å²) in [4.78, 5) is 29.2. The Bertz CT molecular complexity index is 1250. The number of esters is 1. The highest BCUT2D eigenvalue weighted by atomic mass is 32.1. The van der Waals surface area contributed by atoms with Crippen LogP contribution in [0.4, 0.5) is 5.69 Å². The Morgan fingerprint density at radius 3 is 2.83 bits per heavy atom. The number of nitro groups is 1. The highest BCUT2D eigenvalue weighted by Crippen LogP contribution is 2.32. The molecule has 0 fully saturated rings. The number of ether oxygens (including phenoxy) is 2. The number of rotatable bonds is 6. The van der Waals surface area contributed by atoms with Gasteiger partial charge in [0.1, 0.15) is 5.75 Å². The molecule has 0 unspecified atom stereocenters. The second kappa shape index (κ2) is 7.91. The number of methoxy groups -OCH3 is 1. The monoisotopic (exact) mass is 424 g/mol. The summed E-state index contributed by atoms with van der Waals surface area (Å²) in [6.07, 6.45) is 1.55. The fraction of sp³-hybridized carbons (Fsp3) is 0.150. The lowest BCUT2D eigenvalue weighted by atomic mass is 10.1. The SMILES string of the molecule is COc1ccc(OC(=O)c2cc(C)nc3c2cnn3Cc2cccs2)c([N+](=O)[O-])c1. The molecule has 152 valence electrons. The lowest BCUT2D eigenvalue weighted by molar-refractivity contribution is -0.385. The number of nitrogens with zero attached hydrogens (tertiary/aromatic N) is 4. The third-order valence-corrected chi connectivity index (χ3v) is 5.27. The van der Waals surface area contributed by atoms with Crippen molar-refractivity contribution in [2.75, 3.05) is 7.11 Å². The average molecular weight is 424 g/mol. The van der Waals surface area contributed by atoms with E-state index in [1.165, 1.54) is 25.3 Å². The summed E-state index contributed by atoms with van der Waals surface area (Å²) >= 11 is 1.60. The topological polar surface area (TPSA) is 109 Å². The van der Waals surface area contributed by atoms with Gasteiger partial charge in [0.25, 0.3) is 0 Å². The number of aromatic nitrogens is 3. The molecule has 0 saturated heterocycles. The third-order valence-electron chi connectivity index (χ3n) is 4.41. The molecule has 30 heavy (non-hydrogen) atoms. The molecule has 0 amide bonds. The van der Waals surface area contributed by atoms with E-state index in [1.54, 1.807) is 35.2 Å². The molecular weight excluding hydrogens is 408 g/mol. The first-order chi connectivity index (χ1) is 14.5. The normalized spacial score (nSPS) is 10.9. The Balaban J connectivity index is 1.70. The predicted molar refractivity (Wildman–Crippen MR) is 110 cm³/mol. The van der Waals surface area contributed by atoms with Gasteiger partial charge in [-0.05, 0) is 36.6 Å². The average Bonchev–Trinajstić information content (AvgIpc) is 3.38. The van der Waals surface area contributed by atoms with Crippen LogP contribution in [0.3, 0.4) is 0 Å². The number of benzene rings is 1. The molecule has 0 aliphatic heterocycles. The van der Waals surface area contributed by atoms with E-state index in [1.807, 2.05) is 17.5 Å². The van der Waals surface area contributed by atoms with Crippen molar-refractivity contribution < 1.29 is 19.2 Å². The Morgan fingerprint density at radius 2 is 2.13 bits per heavy atom. The molecule has 0 radical (unpaired) electrons. The van der Waals surface area contributed by atoms with Crippen LogP contribution in [-0.4, -0.2) is 32.8 Å². The summed E-state index contributed by atoms with van der Waals surface area (Å²) in [5.74, 6) is -0.604. The van der Waals surface area contributed by atoms with Gasteiger partial charge < -0.3 is 9.47 Å². The van der Waals surface area contributed by atoms with Gasteiger partial charge in [-0.15, -0.1) is 11.3 Å². The number of carbonyl (C=O) groups is 1. The minimum Gasteiger partial charge on any atom is -0.496 e. The van der Waals surface area contributed by atoms with Crippen molar-refractivity contribution in [3.63, 3.8) is 0 Å². The van der Waals surface area contributed by atoms with Crippen molar-refractivity contribution in [3.8, 4) is 11.5 Å². The summed E-state index contributed by atoms with van der Waals surface area (Å²) in [7, 11) is 1.40. The van der Waals surface area contributed by atoms with E-state index < -0.39 is 10.9 Å². The first kappa shape index (κ1) is 19.5. The number of pyridine rings is 1. The fourth-order valence-electron chi connectivity index (χ4n) is 3.02. The zero-order chi connectivity index (χ0) is 21.3. The molecule has 0 bridgehead atoms. The van der Waals surface area contributed by atoms with Gasteiger partial charge >= 0.3 is 11.7 Å². The molecule has 4 aromatic rings. The van der Waals surface area contributed by atoms with E-state index in [0.717, 1.165) is 4.88 Å². The molecule has 0 spiro atoms. The summed E-state index contributed by atoms with van der Waals surface area (Å²) < 4.78 is 12.1. The second-order valence-electron chi connectivity index (χ2n) is 6.41. The minimum absolute atomic E-state index is 0.167. The lowest BCUT2D eigenvalue weighted by Gasteiger charge is -2.08. The van der Waals surface area contributed by atoms with Crippen LogP contribution in [0, 0.1) is 17.0 Å². The van der Waals surface area contributed by atoms with E-state index in [9.17, 15) is 14.9 Å². The maximum atomic E-state index is 12.9. The summed E-state index contributed by atoms with van der Waals surface area (Å²) in [6, 6.07) is 9.55. The van der Waals surface area contributed by atoms with Crippen LogP contribution in [0.2, 0.25) is 0 Å². The fourth-order valence-corrected chi connectivity index (χ4v) is 3.70. The molecule has 0 aliphatic carbocycles. The second-order valence-corrected chi connectivity index (χ2v) is 7.44. The zero-order valence-electron chi connectivity index (χ0n) is 16.1. The van der Waals surface area contributed by atoms with Gasteiger partial charge in [0, 0.05) is 10.6 Å². The van der Waals surface area contributed by atoms with Gasteiger partial charge in [0.15, 0.2) is 5.65 Å². The molecule has 0 N–H and O–H groups in total. The Kier molecular flexibility index (Phi) is 5.15. The lowest BCUT2D eigenvalue weighted by Crippen LogP contribution is -2.11. The number of nitro benzene ring substituents is 1. The molecular formula is C20H16N4O5S. The maximum absolute atomic E-state index is 12.9. The van der Waals surface area contributed by atoms with Gasteiger partial charge in [0.05, 0.1) is 41.8 Å². The molecule has 1 aromatic carbocycles. The van der Waals surface area contributed by atoms with Crippen molar-refractivity contribution in [2.45, 2.75) is 13.5 Å². The van der Waals surface area contributed by atoms with E-state index in [4.69, 9.17) is 9.47 Å². The van der Waals surface area contributed by atoms with E-state index in [-0.39, 0.29) is 17.0 Å². The quantitative estimate of drug-likeness (QED) is 0.199. The Morgan fingerprint density at radius 1 is 1.30 bits per heavy atom. The van der Waals surface area contributed by atoms with Crippen molar-refractivity contribution >= 4 is 34.0 Å². The Labute approximate surface area is 174 Å². The first-order valence-electron chi connectivity index (χ1n) is 8.86. The maximum Gasteiger partial charge on any atom is 0.344 e. The third kappa shape index (κ3) is 3.72. The van der Waals surface area contributed by atoms with Crippen molar-refractivity contribution in [1.82, 2.24) is 14.8 Å². The van der Waals surface area contributed by atoms with Gasteiger partial charge in [-0.1, -0.05) is 6.07 Å². The number of thiophene rings is 1. The predicted octanol–water partition coefficient (Wildman–Crippen LogP) is 3.99. The number of hydrogen-bond acceptors (Lipinski definition) is 8.